The SMILES string of the molecule is O=C(NC1CCC(F)(F)CC1)c1cccc([C@@H]2C[C@H]2NCC2CC2)c1. The minimum atomic E-state index is -2.56. The lowest BCUT2D eigenvalue weighted by atomic mass is 9.92. The van der Waals surface area contributed by atoms with Crippen LogP contribution in [0.4, 0.5) is 8.78 Å². The summed E-state index contributed by atoms with van der Waals surface area (Å²) in [5, 5.41) is 6.55. The maximum absolute atomic E-state index is 13.2. The summed E-state index contributed by atoms with van der Waals surface area (Å²) >= 11 is 0. The van der Waals surface area contributed by atoms with E-state index in [-0.39, 0.29) is 24.8 Å². The first kappa shape index (κ1) is 17.0. The number of hydrogen-bond acceptors (Lipinski definition) is 2. The van der Waals surface area contributed by atoms with Gasteiger partial charge in [-0.25, -0.2) is 8.78 Å². The number of alkyl halides is 2. The van der Waals surface area contributed by atoms with Gasteiger partial charge in [0.15, 0.2) is 0 Å². The van der Waals surface area contributed by atoms with Crippen molar-refractivity contribution < 1.29 is 13.6 Å². The molecule has 0 radical (unpaired) electrons. The highest BCUT2D eigenvalue weighted by Gasteiger charge is 2.39. The van der Waals surface area contributed by atoms with E-state index in [1.165, 1.54) is 18.4 Å². The summed E-state index contributed by atoms with van der Waals surface area (Å²) in [6.45, 7) is 1.12. The Morgan fingerprint density at radius 2 is 1.92 bits per heavy atom. The molecule has 1 amide bonds. The second-order valence-corrected chi connectivity index (χ2v) is 8.03. The highest BCUT2D eigenvalue weighted by molar-refractivity contribution is 5.94. The Hall–Kier alpha value is -1.49. The molecule has 3 nitrogen and oxygen atoms in total. The molecule has 3 aliphatic carbocycles. The molecule has 0 aromatic heterocycles. The highest BCUT2D eigenvalue weighted by atomic mass is 19.3. The predicted molar refractivity (Wildman–Crippen MR) is 93.0 cm³/mol. The molecule has 3 aliphatic rings. The monoisotopic (exact) mass is 348 g/mol. The van der Waals surface area contributed by atoms with Crippen LogP contribution in [-0.4, -0.2) is 30.5 Å². The summed E-state index contributed by atoms with van der Waals surface area (Å²) in [4.78, 5) is 12.5. The second kappa shape index (κ2) is 6.67. The fourth-order valence-electron chi connectivity index (χ4n) is 3.79. The molecule has 2 atom stereocenters. The van der Waals surface area contributed by atoms with Crippen LogP contribution < -0.4 is 10.6 Å². The van der Waals surface area contributed by atoms with E-state index in [1.54, 1.807) is 0 Å². The van der Waals surface area contributed by atoms with Crippen molar-refractivity contribution >= 4 is 5.91 Å². The minimum Gasteiger partial charge on any atom is -0.349 e. The molecule has 1 aromatic rings. The average molecular weight is 348 g/mol. The second-order valence-electron chi connectivity index (χ2n) is 8.03. The largest absolute Gasteiger partial charge is 0.349 e. The number of amides is 1. The first-order valence-electron chi connectivity index (χ1n) is 9.52. The molecule has 3 saturated carbocycles. The zero-order valence-corrected chi connectivity index (χ0v) is 14.4. The molecule has 0 aliphatic heterocycles. The van der Waals surface area contributed by atoms with E-state index in [2.05, 4.69) is 16.7 Å². The van der Waals surface area contributed by atoms with Crippen molar-refractivity contribution in [2.75, 3.05) is 6.54 Å². The van der Waals surface area contributed by atoms with Crippen molar-refractivity contribution in [2.45, 2.75) is 68.9 Å². The molecule has 0 bridgehead atoms. The van der Waals surface area contributed by atoms with Gasteiger partial charge < -0.3 is 10.6 Å². The predicted octanol–water partition coefficient (Wildman–Crippen LogP) is 3.85. The molecule has 0 saturated heterocycles. The minimum absolute atomic E-state index is 0.131. The van der Waals surface area contributed by atoms with E-state index < -0.39 is 5.92 Å². The van der Waals surface area contributed by atoms with Crippen molar-refractivity contribution in [3.05, 3.63) is 35.4 Å². The van der Waals surface area contributed by atoms with Crippen LogP contribution in [0.25, 0.3) is 0 Å². The van der Waals surface area contributed by atoms with E-state index >= 15 is 0 Å². The van der Waals surface area contributed by atoms with Crippen LogP contribution in [0, 0.1) is 5.92 Å². The zero-order chi connectivity index (χ0) is 17.4. The van der Waals surface area contributed by atoms with E-state index in [0.29, 0.717) is 30.4 Å². The molecular formula is C20H26F2N2O. The van der Waals surface area contributed by atoms with Crippen molar-refractivity contribution in [1.82, 2.24) is 10.6 Å². The molecule has 3 fully saturated rings. The van der Waals surface area contributed by atoms with Crippen LogP contribution in [0.15, 0.2) is 24.3 Å². The molecule has 2 N–H and O–H groups in total. The average Bonchev–Trinajstić information content (AvgIpc) is 3.49. The summed E-state index contributed by atoms with van der Waals surface area (Å²) in [5.74, 6) is -1.32. The van der Waals surface area contributed by atoms with Gasteiger partial charge in [0.2, 0.25) is 5.92 Å². The van der Waals surface area contributed by atoms with Crippen LogP contribution in [0.5, 0.6) is 0 Å². The van der Waals surface area contributed by atoms with E-state index in [4.69, 9.17) is 0 Å². The van der Waals surface area contributed by atoms with Crippen molar-refractivity contribution in [2.24, 2.45) is 5.92 Å². The van der Waals surface area contributed by atoms with Crippen LogP contribution in [-0.2, 0) is 0 Å². The van der Waals surface area contributed by atoms with Gasteiger partial charge in [0.1, 0.15) is 0 Å². The number of carbonyl (C=O) groups excluding carboxylic acids is 1. The Morgan fingerprint density at radius 1 is 1.16 bits per heavy atom. The van der Waals surface area contributed by atoms with Crippen LogP contribution in [0.2, 0.25) is 0 Å². The van der Waals surface area contributed by atoms with Crippen molar-refractivity contribution in [3.63, 3.8) is 0 Å². The lowest BCUT2D eigenvalue weighted by molar-refractivity contribution is -0.0399. The molecule has 0 heterocycles. The molecule has 136 valence electrons. The molecular weight excluding hydrogens is 322 g/mol. The van der Waals surface area contributed by atoms with Gasteiger partial charge in [0.05, 0.1) is 0 Å². The Morgan fingerprint density at radius 3 is 2.64 bits per heavy atom. The van der Waals surface area contributed by atoms with Gasteiger partial charge in [-0.3, -0.25) is 4.79 Å². The molecule has 0 spiro atoms. The molecule has 5 heteroatoms. The van der Waals surface area contributed by atoms with E-state index in [1.807, 2.05) is 18.2 Å². The third kappa shape index (κ3) is 4.38. The fraction of sp³-hybridized carbons (Fsp3) is 0.650. The van der Waals surface area contributed by atoms with Gasteiger partial charge in [-0.2, -0.15) is 0 Å². The Labute approximate surface area is 147 Å². The number of hydrogen-bond donors (Lipinski definition) is 2. The van der Waals surface area contributed by atoms with Crippen molar-refractivity contribution in [3.8, 4) is 0 Å². The Balaban J connectivity index is 1.31. The number of rotatable bonds is 6. The maximum atomic E-state index is 13.2. The van der Waals surface area contributed by atoms with Gasteiger partial charge in [-0.15, -0.1) is 0 Å². The number of carbonyl (C=O) groups is 1. The summed E-state index contributed by atoms with van der Waals surface area (Å²) in [7, 11) is 0. The van der Waals surface area contributed by atoms with Crippen molar-refractivity contribution in [1.29, 1.82) is 0 Å². The number of nitrogens with one attached hydrogen (secondary N) is 2. The van der Waals surface area contributed by atoms with Gasteiger partial charge in [0.25, 0.3) is 5.91 Å². The normalized spacial score (nSPS) is 28.6. The van der Waals surface area contributed by atoms with Gasteiger partial charge in [-0.1, -0.05) is 12.1 Å². The Kier molecular flexibility index (Phi) is 4.52. The molecule has 25 heavy (non-hydrogen) atoms. The summed E-state index contributed by atoms with van der Waals surface area (Å²) in [6.07, 6.45) is 4.29. The lowest BCUT2D eigenvalue weighted by Crippen LogP contribution is -2.40. The third-order valence-corrected chi connectivity index (χ3v) is 5.79. The summed E-state index contributed by atoms with van der Waals surface area (Å²) in [5.41, 5.74) is 1.85. The van der Waals surface area contributed by atoms with E-state index in [9.17, 15) is 13.6 Å². The first-order chi connectivity index (χ1) is 12.0. The van der Waals surface area contributed by atoms with Crippen LogP contribution in [0.3, 0.4) is 0 Å². The topological polar surface area (TPSA) is 41.1 Å². The molecule has 0 unspecified atom stereocenters. The first-order valence-corrected chi connectivity index (χ1v) is 9.52. The summed E-state index contributed by atoms with van der Waals surface area (Å²) in [6, 6.07) is 8.20. The highest BCUT2D eigenvalue weighted by Crippen LogP contribution is 2.42. The van der Waals surface area contributed by atoms with Gasteiger partial charge in [-0.05, 0) is 62.3 Å². The summed E-state index contributed by atoms with van der Waals surface area (Å²) < 4.78 is 26.4. The van der Waals surface area contributed by atoms with Crippen LogP contribution in [0.1, 0.15) is 66.8 Å². The number of benzene rings is 1. The molecule has 4 rings (SSSR count). The Bertz CT molecular complexity index is 634. The van der Waals surface area contributed by atoms with Gasteiger partial charge >= 0.3 is 0 Å². The van der Waals surface area contributed by atoms with Gasteiger partial charge in [0, 0.05) is 36.4 Å². The standard InChI is InChI=1S/C20H26F2N2O/c21-20(22)8-6-16(7-9-20)24-19(25)15-3-1-2-14(10-15)17-11-18(17)23-12-13-4-5-13/h1-3,10,13,16-18,23H,4-9,11-12H2,(H,24,25)/t17-,18+/m0/s1. The quantitative estimate of drug-likeness (QED) is 0.820. The van der Waals surface area contributed by atoms with E-state index in [0.717, 1.165) is 18.9 Å². The molecule has 1 aromatic carbocycles. The zero-order valence-electron chi connectivity index (χ0n) is 14.4. The maximum Gasteiger partial charge on any atom is 0.251 e. The van der Waals surface area contributed by atoms with Crippen LogP contribution >= 0.6 is 0 Å². The smallest absolute Gasteiger partial charge is 0.251 e. The third-order valence-electron chi connectivity index (χ3n) is 5.79. The lowest BCUT2D eigenvalue weighted by Gasteiger charge is -2.28. The fourth-order valence-corrected chi connectivity index (χ4v) is 3.79. The number of halogens is 2.